The van der Waals surface area contributed by atoms with Crippen molar-refractivity contribution in [2.45, 2.75) is 6.54 Å². The molecule has 4 rings (SSSR count). The highest BCUT2D eigenvalue weighted by molar-refractivity contribution is 6.33. The zero-order chi connectivity index (χ0) is 24.1. The third-order valence-electron chi connectivity index (χ3n) is 5.52. The zero-order valence-electron chi connectivity index (χ0n) is 19.1. The standard InChI is InChI=1S/C28H25NO5/c1-4-15-34-25-14-11-20(17-26(25)33-3)16-24-22-7-5-6-8-23(22)27(30)29(28(24)31)18-19-9-12-21(32-2)13-10-19/h4-14,16-17H,1,15,18H2,2-3H3/b24-16-. The summed E-state index contributed by atoms with van der Waals surface area (Å²) in [5, 5.41) is 0. The molecule has 1 aliphatic heterocycles. The normalized spacial score (nSPS) is 14.1. The molecule has 1 aliphatic rings. The lowest BCUT2D eigenvalue weighted by atomic mass is 9.91. The monoisotopic (exact) mass is 455 g/mol. The maximum Gasteiger partial charge on any atom is 0.261 e. The van der Waals surface area contributed by atoms with E-state index in [0.717, 1.165) is 11.1 Å². The van der Waals surface area contributed by atoms with Gasteiger partial charge in [-0.15, -0.1) is 0 Å². The van der Waals surface area contributed by atoms with Crippen molar-refractivity contribution in [2.24, 2.45) is 0 Å². The predicted molar refractivity (Wildman–Crippen MR) is 131 cm³/mol. The van der Waals surface area contributed by atoms with Crippen LogP contribution in [0.2, 0.25) is 0 Å². The van der Waals surface area contributed by atoms with Gasteiger partial charge in [0.05, 0.1) is 20.8 Å². The minimum Gasteiger partial charge on any atom is -0.497 e. The van der Waals surface area contributed by atoms with Crippen molar-refractivity contribution in [1.82, 2.24) is 4.90 Å². The SMILES string of the molecule is C=CCOc1ccc(/C=C2\C(=O)N(Cc3ccc(OC)cc3)C(=O)c3ccccc32)cc1OC. The number of rotatable bonds is 8. The van der Waals surface area contributed by atoms with Gasteiger partial charge in [-0.2, -0.15) is 0 Å². The number of hydrogen-bond donors (Lipinski definition) is 0. The summed E-state index contributed by atoms with van der Waals surface area (Å²) in [5.74, 6) is 1.15. The number of hydrogen-bond acceptors (Lipinski definition) is 5. The molecule has 0 saturated heterocycles. The van der Waals surface area contributed by atoms with E-state index in [-0.39, 0.29) is 18.4 Å². The number of ether oxygens (including phenoxy) is 3. The molecule has 0 saturated carbocycles. The molecule has 172 valence electrons. The highest BCUT2D eigenvalue weighted by Gasteiger charge is 2.34. The molecule has 0 atom stereocenters. The fourth-order valence-electron chi connectivity index (χ4n) is 3.81. The van der Waals surface area contributed by atoms with Gasteiger partial charge in [0.2, 0.25) is 0 Å². The van der Waals surface area contributed by atoms with Gasteiger partial charge in [-0.1, -0.05) is 49.1 Å². The van der Waals surface area contributed by atoms with Gasteiger partial charge in [0.15, 0.2) is 11.5 Å². The number of amides is 2. The lowest BCUT2D eigenvalue weighted by Gasteiger charge is -2.29. The summed E-state index contributed by atoms with van der Waals surface area (Å²) in [4.78, 5) is 28.0. The molecule has 0 aromatic heterocycles. The molecule has 3 aromatic rings. The molecule has 2 amide bonds. The third kappa shape index (κ3) is 4.57. The van der Waals surface area contributed by atoms with Crippen LogP contribution in [0.25, 0.3) is 11.6 Å². The first-order valence-corrected chi connectivity index (χ1v) is 10.8. The number of methoxy groups -OCH3 is 2. The Morgan fingerprint density at radius 1 is 0.853 bits per heavy atom. The number of benzene rings is 3. The Labute approximate surface area is 198 Å². The van der Waals surface area contributed by atoms with Gasteiger partial charge in [0, 0.05) is 11.1 Å². The van der Waals surface area contributed by atoms with Crippen LogP contribution in [0.4, 0.5) is 0 Å². The Kier molecular flexibility index (Phi) is 6.78. The molecular weight excluding hydrogens is 430 g/mol. The van der Waals surface area contributed by atoms with Gasteiger partial charge in [-0.25, -0.2) is 0 Å². The smallest absolute Gasteiger partial charge is 0.261 e. The quantitative estimate of drug-likeness (QED) is 0.272. The van der Waals surface area contributed by atoms with Gasteiger partial charge in [0.1, 0.15) is 12.4 Å². The average molecular weight is 456 g/mol. The Morgan fingerprint density at radius 2 is 1.59 bits per heavy atom. The molecule has 34 heavy (non-hydrogen) atoms. The molecule has 0 N–H and O–H groups in total. The number of carbonyl (C=O) groups is 2. The lowest BCUT2D eigenvalue weighted by molar-refractivity contribution is -0.123. The summed E-state index contributed by atoms with van der Waals surface area (Å²) in [6.45, 7) is 4.17. The minimum absolute atomic E-state index is 0.158. The van der Waals surface area contributed by atoms with Crippen molar-refractivity contribution in [1.29, 1.82) is 0 Å². The summed E-state index contributed by atoms with van der Waals surface area (Å²) in [7, 11) is 3.15. The fourth-order valence-corrected chi connectivity index (χ4v) is 3.81. The molecular formula is C28H25NO5. The van der Waals surface area contributed by atoms with Crippen LogP contribution in [-0.4, -0.2) is 37.5 Å². The van der Waals surface area contributed by atoms with E-state index >= 15 is 0 Å². The van der Waals surface area contributed by atoms with Crippen LogP contribution in [0.1, 0.15) is 27.0 Å². The van der Waals surface area contributed by atoms with Crippen molar-refractivity contribution in [3.8, 4) is 17.2 Å². The van der Waals surface area contributed by atoms with Crippen LogP contribution in [0.5, 0.6) is 17.2 Å². The highest BCUT2D eigenvalue weighted by atomic mass is 16.5. The predicted octanol–water partition coefficient (Wildman–Crippen LogP) is 4.99. The van der Waals surface area contributed by atoms with E-state index < -0.39 is 0 Å². The van der Waals surface area contributed by atoms with Gasteiger partial charge >= 0.3 is 0 Å². The summed E-state index contributed by atoms with van der Waals surface area (Å²) in [6, 6.07) is 19.9. The first-order chi connectivity index (χ1) is 16.5. The van der Waals surface area contributed by atoms with E-state index in [1.807, 2.05) is 24.3 Å². The zero-order valence-corrected chi connectivity index (χ0v) is 19.1. The van der Waals surface area contributed by atoms with Crippen LogP contribution in [0.15, 0.2) is 79.4 Å². The third-order valence-corrected chi connectivity index (χ3v) is 5.52. The second kappa shape index (κ2) is 10.1. The molecule has 3 aromatic carbocycles. The van der Waals surface area contributed by atoms with Crippen molar-refractivity contribution in [2.75, 3.05) is 20.8 Å². The number of fused-ring (bicyclic) bond motifs is 1. The van der Waals surface area contributed by atoms with Gasteiger partial charge in [-0.05, 0) is 53.1 Å². The van der Waals surface area contributed by atoms with Crippen molar-refractivity contribution < 1.29 is 23.8 Å². The van der Waals surface area contributed by atoms with Crippen LogP contribution in [0, 0.1) is 0 Å². The van der Waals surface area contributed by atoms with Gasteiger partial charge in [-0.3, -0.25) is 14.5 Å². The molecule has 0 spiro atoms. The fraction of sp³-hybridized carbons (Fsp3) is 0.143. The summed E-state index contributed by atoms with van der Waals surface area (Å²) >= 11 is 0. The molecule has 0 aliphatic carbocycles. The van der Waals surface area contributed by atoms with Gasteiger partial charge < -0.3 is 14.2 Å². The Morgan fingerprint density at radius 3 is 2.26 bits per heavy atom. The molecule has 1 heterocycles. The number of imide groups is 1. The Balaban J connectivity index is 1.73. The maximum absolute atomic E-state index is 13.5. The van der Waals surface area contributed by atoms with Crippen LogP contribution < -0.4 is 14.2 Å². The van der Waals surface area contributed by atoms with E-state index in [9.17, 15) is 9.59 Å². The topological polar surface area (TPSA) is 65.1 Å². The van der Waals surface area contributed by atoms with Crippen LogP contribution in [-0.2, 0) is 11.3 Å². The minimum atomic E-state index is -0.356. The lowest BCUT2D eigenvalue weighted by Crippen LogP contribution is -2.41. The van der Waals surface area contributed by atoms with E-state index in [1.165, 1.54) is 4.90 Å². The summed E-state index contributed by atoms with van der Waals surface area (Å²) in [6.07, 6.45) is 3.43. The second-order valence-corrected chi connectivity index (χ2v) is 7.66. The van der Waals surface area contributed by atoms with Crippen molar-refractivity contribution >= 4 is 23.5 Å². The molecule has 0 unspecified atom stereocenters. The van der Waals surface area contributed by atoms with Crippen molar-refractivity contribution in [3.63, 3.8) is 0 Å². The first kappa shape index (κ1) is 22.9. The van der Waals surface area contributed by atoms with E-state index in [1.54, 1.807) is 68.8 Å². The maximum atomic E-state index is 13.5. The highest BCUT2D eigenvalue weighted by Crippen LogP contribution is 2.34. The number of nitrogens with zero attached hydrogens (tertiary/aromatic N) is 1. The molecule has 6 heteroatoms. The summed E-state index contributed by atoms with van der Waals surface area (Å²) in [5.41, 5.74) is 3.10. The molecule has 0 fully saturated rings. The summed E-state index contributed by atoms with van der Waals surface area (Å²) < 4.78 is 16.3. The second-order valence-electron chi connectivity index (χ2n) is 7.66. The van der Waals surface area contributed by atoms with E-state index in [4.69, 9.17) is 14.2 Å². The Bertz CT molecular complexity index is 1260. The average Bonchev–Trinajstić information content (AvgIpc) is 2.88. The van der Waals surface area contributed by atoms with E-state index in [0.29, 0.717) is 40.6 Å². The molecule has 6 nitrogen and oxygen atoms in total. The van der Waals surface area contributed by atoms with Gasteiger partial charge in [0.25, 0.3) is 11.8 Å². The number of carbonyl (C=O) groups excluding carboxylic acids is 2. The largest absolute Gasteiger partial charge is 0.497 e. The molecule has 0 bridgehead atoms. The van der Waals surface area contributed by atoms with Crippen LogP contribution in [0.3, 0.4) is 0 Å². The van der Waals surface area contributed by atoms with E-state index in [2.05, 4.69) is 6.58 Å². The van der Waals surface area contributed by atoms with Crippen LogP contribution >= 0.6 is 0 Å². The van der Waals surface area contributed by atoms with Crippen molar-refractivity contribution in [3.05, 3.63) is 102 Å². The Hall–Kier alpha value is -4.32. The first-order valence-electron chi connectivity index (χ1n) is 10.8. The molecule has 0 radical (unpaired) electrons.